The molecule has 0 N–H and O–H groups in total. The average Bonchev–Trinajstić information content (AvgIpc) is 2.59. The van der Waals surface area contributed by atoms with Crippen LogP contribution in [-0.4, -0.2) is 32.4 Å². The molecule has 6 heteroatoms. The van der Waals surface area contributed by atoms with Crippen molar-refractivity contribution in [2.45, 2.75) is 31.4 Å². The van der Waals surface area contributed by atoms with Crippen molar-refractivity contribution in [3.05, 3.63) is 28.8 Å². The SMILES string of the molecule is CC(C(=O)N1CC(C)(C)c2c(Cl)cccc21)S(C)(=O)=O. The number of amides is 1. The van der Waals surface area contributed by atoms with Gasteiger partial charge >= 0.3 is 0 Å². The van der Waals surface area contributed by atoms with Gasteiger partial charge in [-0.05, 0) is 19.1 Å². The first-order valence-corrected chi connectivity index (χ1v) is 8.68. The summed E-state index contributed by atoms with van der Waals surface area (Å²) in [6.07, 6.45) is 1.08. The summed E-state index contributed by atoms with van der Waals surface area (Å²) in [5.74, 6) is -0.401. The topological polar surface area (TPSA) is 54.5 Å². The summed E-state index contributed by atoms with van der Waals surface area (Å²) in [6, 6.07) is 5.37. The molecular weight excluding hydrogens is 298 g/mol. The van der Waals surface area contributed by atoms with E-state index in [0.29, 0.717) is 17.3 Å². The summed E-state index contributed by atoms with van der Waals surface area (Å²) in [4.78, 5) is 14.0. The molecule has 2 rings (SSSR count). The molecule has 1 unspecified atom stereocenters. The summed E-state index contributed by atoms with van der Waals surface area (Å²) >= 11 is 6.24. The van der Waals surface area contributed by atoms with Crippen molar-refractivity contribution in [1.29, 1.82) is 0 Å². The Hall–Kier alpha value is -1.07. The van der Waals surface area contributed by atoms with Crippen LogP contribution in [0, 0.1) is 0 Å². The molecule has 1 aliphatic heterocycles. The van der Waals surface area contributed by atoms with Crippen LogP contribution in [0.1, 0.15) is 26.3 Å². The summed E-state index contributed by atoms with van der Waals surface area (Å²) in [5.41, 5.74) is 1.32. The predicted molar refractivity (Wildman–Crippen MR) is 81.1 cm³/mol. The van der Waals surface area contributed by atoms with E-state index in [2.05, 4.69) is 0 Å². The zero-order valence-corrected chi connectivity index (χ0v) is 13.5. The van der Waals surface area contributed by atoms with Crippen molar-refractivity contribution in [2.75, 3.05) is 17.7 Å². The summed E-state index contributed by atoms with van der Waals surface area (Å²) in [5, 5.41) is -0.446. The smallest absolute Gasteiger partial charge is 0.245 e. The van der Waals surface area contributed by atoms with Crippen LogP contribution in [0.2, 0.25) is 5.02 Å². The van der Waals surface area contributed by atoms with E-state index in [0.717, 1.165) is 11.8 Å². The molecule has 20 heavy (non-hydrogen) atoms. The third-order valence-corrected chi connectivity index (χ3v) is 5.57. The fraction of sp³-hybridized carbons (Fsp3) is 0.500. The van der Waals surface area contributed by atoms with Gasteiger partial charge in [0.2, 0.25) is 5.91 Å². The van der Waals surface area contributed by atoms with Crippen LogP contribution in [0.4, 0.5) is 5.69 Å². The molecule has 0 saturated carbocycles. The second-order valence-corrected chi connectivity index (χ2v) is 8.69. The van der Waals surface area contributed by atoms with E-state index in [9.17, 15) is 13.2 Å². The maximum Gasteiger partial charge on any atom is 0.245 e. The van der Waals surface area contributed by atoms with Gasteiger partial charge in [0.15, 0.2) is 9.84 Å². The van der Waals surface area contributed by atoms with Crippen LogP contribution < -0.4 is 4.90 Å². The van der Waals surface area contributed by atoms with E-state index in [4.69, 9.17) is 11.6 Å². The number of hydrogen-bond acceptors (Lipinski definition) is 3. The number of fused-ring (bicyclic) bond motifs is 1. The molecule has 1 aromatic carbocycles. The zero-order chi connectivity index (χ0) is 15.3. The molecule has 4 nitrogen and oxygen atoms in total. The highest BCUT2D eigenvalue weighted by Gasteiger charge is 2.42. The first-order chi connectivity index (χ1) is 9.05. The van der Waals surface area contributed by atoms with Crippen LogP contribution in [-0.2, 0) is 20.0 Å². The molecule has 0 radical (unpaired) electrons. The number of sulfone groups is 1. The lowest BCUT2D eigenvalue weighted by Crippen LogP contribution is -2.42. The fourth-order valence-corrected chi connectivity index (χ4v) is 3.49. The Bertz CT molecular complexity index is 667. The number of benzene rings is 1. The molecular formula is C14H18ClNO3S. The maximum atomic E-state index is 12.5. The Balaban J connectivity index is 2.49. The second kappa shape index (κ2) is 4.74. The third-order valence-electron chi connectivity index (χ3n) is 3.77. The van der Waals surface area contributed by atoms with Crippen LogP contribution >= 0.6 is 11.6 Å². The molecule has 0 aliphatic carbocycles. The molecule has 0 fully saturated rings. The second-order valence-electron chi connectivity index (χ2n) is 5.91. The number of nitrogens with zero attached hydrogens (tertiary/aromatic N) is 1. The highest BCUT2D eigenvalue weighted by Crippen LogP contribution is 2.44. The van der Waals surface area contributed by atoms with E-state index in [1.54, 1.807) is 12.1 Å². The third kappa shape index (κ3) is 2.44. The Morgan fingerprint density at radius 3 is 2.55 bits per heavy atom. The fourth-order valence-electron chi connectivity index (χ4n) is 2.57. The van der Waals surface area contributed by atoms with E-state index < -0.39 is 21.0 Å². The Kier molecular flexibility index (Phi) is 3.63. The van der Waals surface area contributed by atoms with Gasteiger partial charge in [0.1, 0.15) is 5.25 Å². The normalized spacial score (nSPS) is 18.8. The summed E-state index contributed by atoms with van der Waals surface area (Å²) in [7, 11) is -3.41. The summed E-state index contributed by atoms with van der Waals surface area (Å²) in [6.45, 7) is 5.85. The van der Waals surface area contributed by atoms with Crippen LogP contribution in [0.25, 0.3) is 0 Å². The number of carbonyl (C=O) groups excluding carboxylic acids is 1. The van der Waals surface area contributed by atoms with E-state index in [-0.39, 0.29) is 5.41 Å². The van der Waals surface area contributed by atoms with Gasteiger partial charge in [-0.3, -0.25) is 4.79 Å². The first-order valence-electron chi connectivity index (χ1n) is 6.35. The van der Waals surface area contributed by atoms with Gasteiger partial charge < -0.3 is 4.90 Å². The molecule has 1 amide bonds. The number of hydrogen-bond donors (Lipinski definition) is 0. The van der Waals surface area contributed by atoms with Crippen molar-refractivity contribution >= 4 is 33.0 Å². The molecule has 1 aromatic rings. The van der Waals surface area contributed by atoms with Gasteiger partial charge in [0.05, 0.1) is 0 Å². The molecule has 110 valence electrons. The molecule has 1 aliphatic rings. The van der Waals surface area contributed by atoms with E-state index >= 15 is 0 Å². The number of rotatable bonds is 2. The van der Waals surface area contributed by atoms with Crippen molar-refractivity contribution in [3.8, 4) is 0 Å². The minimum absolute atomic E-state index is 0.291. The molecule has 0 aromatic heterocycles. The predicted octanol–water partition coefficient (Wildman–Crippen LogP) is 2.40. The zero-order valence-electron chi connectivity index (χ0n) is 12.0. The Morgan fingerprint density at radius 1 is 1.40 bits per heavy atom. The molecule has 0 spiro atoms. The van der Waals surface area contributed by atoms with Crippen LogP contribution in [0.5, 0.6) is 0 Å². The van der Waals surface area contributed by atoms with Crippen molar-refractivity contribution in [1.82, 2.24) is 0 Å². The molecule has 1 heterocycles. The van der Waals surface area contributed by atoms with Crippen molar-refractivity contribution in [3.63, 3.8) is 0 Å². The Morgan fingerprint density at radius 2 is 2.00 bits per heavy atom. The van der Waals surface area contributed by atoms with Gasteiger partial charge in [0.25, 0.3) is 0 Å². The lowest BCUT2D eigenvalue weighted by Gasteiger charge is -2.23. The van der Waals surface area contributed by atoms with Gasteiger partial charge in [0, 0.05) is 34.5 Å². The van der Waals surface area contributed by atoms with Gasteiger partial charge in [-0.2, -0.15) is 0 Å². The highest BCUT2D eigenvalue weighted by molar-refractivity contribution is 7.92. The largest absolute Gasteiger partial charge is 0.310 e. The minimum Gasteiger partial charge on any atom is -0.310 e. The maximum absolute atomic E-state index is 12.5. The van der Waals surface area contributed by atoms with Crippen molar-refractivity contribution in [2.24, 2.45) is 0 Å². The van der Waals surface area contributed by atoms with E-state index in [1.165, 1.54) is 11.8 Å². The number of halogens is 1. The van der Waals surface area contributed by atoms with Crippen LogP contribution in [0.3, 0.4) is 0 Å². The molecule has 1 atom stereocenters. The lowest BCUT2D eigenvalue weighted by molar-refractivity contribution is -0.118. The average molecular weight is 316 g/mol. The standard InChI is InChI=1S/C14H18ClNO3S/c1-9(20(4,18)19)13(17)16-8-14(2,3)12-10(15)6-5-7-11(12)16/h5-7,9H,8H2,1-4H3. The number of carbonyl (C=O) groups is 1. The van der Waals surface area contributed by atoms with Gasteiger partial charge in [-0.25, -0.2) is 8.42 Å². The Labute approximate surface area is 124 Å². The van der Waals surface area contributed by atoms with Gasteiger partial charge in [-0.1, -0.05) is 31.5 Å². The number of anilines is 1. The van der Waals surface area contributed by atoms with Crippen LogP contribution in [0.15, 0.2) is 18.2 Å². The van der Waals surface area contributed by atoms with E-state index in [1.807, 2.05) is 19.9 Å². The summed E-state index contributed by atoms with van der Waals surface area (Å²) < 4.78 is 23.2. The lowest BCUT2D eigenvalue weighted by atomic mass is 9.87. The van der Waals surface area contributed by atoms with Gasteiger partial charge in [-0.15, -0.1) is 0 Å². The first kappa shape index (κ1) is 15.3. The molecule has 0 bridgehead atoms. The minimum atomic E-state index is -3.41. The molecule has 0 saturated heterocycles. The van der Waals surface area contributed by atoms with Crippen molar-refractivity contribution < 1.29 is 13.2 Å². The highest BCUT2D eigenvalue weighted by atomic mass is 35.5. The monoisotopic (exact) mass is 315 g/mol. The quantitative estimate of drug-likeness (QED) is 0.842.